The Morgan fingerprint density at radius 1 is 1.09 bits per heavy atom. The number of nitrogens with zero attached hydrogens (tertiary/aromatic N) is 1. The molecule has 4 aliphatic carbocycles. The molecule has 0 amide bonds. The van der Waals surface area contributed by atoms with Crippen LogP contribution < -0.4 is 5.73 Å². The highest BCUT2D eigenvalue weighted by Gasteiger charge is 2.51. The second-order valence-corrected chi connectivity index (χ2v) is 7.90. The molecule has 4 bridgehead atoms. The van der Waals surface area contributed by atoms with Gasteiger partial charge in [-0.15, -0.1) is 0 Å². The molecule has 23 heavy (non-hydrogen) atoms. The average Bonchev–Trinajstić information content (AvgIpc) is 2.51. The van der Waals surface area contributed by atoms with Crippen LogP contribution in [0, 0.1) is 23.2 Å². The number of rotatable bonds is 4. The summed E-state index contributed by atoms with van der Waals surface area (Å²) in [6, 6.07) is 9.39. The van der Waals surface area contributed by atoms with Gasteiger partial charge in [0.15, 0.2) is 5.84 Å². The third-order valence-corrected chi connectivity index (χ3v) is 6.00. The van der Waals surface area contributed by atoms with Gasteiger partial charge in [0.2, 0.25) is 0 Å². The maximum atomic E-state index is 12.3. The van der Waals surface area contributed by atoms with Crippen molar-refractivity contribution in [2.75, 3.05) is 0 Å². The van der Waals surface area contributed by atoms with Gasteiger partial charge in [0.1, 0.15) is 0 Å². The summed E-state index contributed by atoms with van der Waals surface area (Å²) in [7, 11) is 0. The number of nitrogens with two attached hydrogens (primary N) is 1. The summed E-state index contributed by atoms with van der Waals surface area (Å²) >= 11 is 0. The number of carbonyl (C=O) groups excluding carboxylic acids is 1. The Morgan fingerprint density at radius 2 is 1.65 bits per heavy atom. The molecule has 0 radical (unpaired) electrons. The predicted molar refractivity (Wildman–Crippen MR) is 88.5 cm³/mol. The molecule has 0 saturated heterocycles. The number of hydrogen-bond acceptors (Lipinski definition) is 3. The molecule has 0 atom stereocenters. The quantitative estimate of drug-likeness (QED) is 0.401. The Bertz CT molecular complexity index is 588. The van der Waals surface area contributed by atoms with E-state index >= 15 is 0 Å². The number of benzene rings is 1. The van der Waals surface area contributed by atoms with Crippen molar-refractivity contribution in [3.8, 4) is 0 Å². The van der Waals surface area contributed by atoms with Gasteiger partial charge >= 0.3 is 5.97 Å². The Balaban J connectivity index is 1.39. The average molecular weight is 312 g/mol. The number of oxime groups is 1. The van der Waals surface area contributed by atoms with Crippen molar-refractivity contribution in [2.24, 2.45) is 34.1 Å². The van der Waals surface area contributed by atoms with E-state index in [9.17, 15) is 4.79 Å². The number of carbonyl (C=O) groups is 1. The highest BCUT2D eigenvalue weighted by Crippen LogP contribution is 2.61. The summed E-state index contributed by atoms with van der Waals surface area (Å²) in [5.74, 6) is 2.54. The first-order chi connectivity index (χ1) is 11.1. The Kier molecular flexibility index (Phi) is 3.63. The van der Waals surface area contributed by atoms with Gasteiger partial charge in [-0.25, -0.2) is 4.79 Å². The van der Waals surface area contributed by atoms with Crippen LogP contribution in [0.3, 0.4) is 0 Å². The largest absolute Gasteiger partial charge is 0.380 e. The Labute approximate surface area is 137 Å². The molecule has 4 saturated carbocycles. The minimum Gasteiger partial charge on any atom is -0.380 e. The molecule has 5 rings (SSSR count). The lowest BCUT2D eigenvalue weighted by molar-refractivity contribution is -0.152. The van der Waals surface area contributed by atoms with E-state index in [0.717, 1.165) is 23.3 Å². The molecular formula is C19H24N2O2. The van der Waals surface area contributed by atoms with E-state index in [1.54, 1.807) is 0 Å². The van der Waals surface area contributed by atoms with E-state index in [0.29, 0.717) is 6.42 Å². The topological polar surface area (TPSA) is 64.7 Å². The third-order valence-electron chi connectivity index (χ3n) is 6.00. The van der Waals surface area contributed by atoms with E-state index in [-0.39, 0.29) is 17.2 Å². The van der Waals surface area contributed by atoms with Crippen LogP contribution in [-0.2, 0) is 9.63 Å². The normalized spacial score (nSPS) is 35.3. The van der Waals surface area contributed by atoms with Gasteiger partial charge in [-0.2, -0.15) is 0 Å². The fourth-order valence-electron chi connectivity index (χ4n) is 5.61. The molecule has 1 aromatic carbocycles. The second-order valence-electron chi connectivity index (χ2n) is 7.90. The lowest BCUT2D eigenvalue weighted by atomic mass is 9.49. The van der Waals surface area contributed by atoms with Crippen LogP contribution in [0.1, 0.15) is 50.5 Å². The Morgan fingerprint density at radius 3 is 2.22 bits per heavy atom. The van der Waals surface area contributed by atoms with E-state index < -0.39 is 0 Å². The highest BCUT2D eigenvalue weighted by atomic mass is 16.7. The summed E-state index contributed by atoms with van der Waals surface area (Å²) in [5.41, 5.74) is 6.83. The van der Waals surface area contributed by atoms with Gasteiger partial charge in [-0.1, -0.05) is 35.5 Å². The molecule has 0 aliphatic heterocycles. The van der Waals surface area contributed by atoms with Gasteiger partial charge in [0, 0.05) is 5.56 Å². The molecule has 4 heteroatoms. The first-order valence-electron chi connectivity index (χ1n) is 8.71. The summed E-state index contributed by atoms with van der Waals surface area (Å²) in [4.78, 5) is 17.4. The lowest BCUT2D eigenvalue weighted by Crippen LogP contribution is -2.47. The molecule has 4 aliphatic rings. The van der Waals surface area contributed by atoms with Crippen molar-refractivity contribution in [1.29, 1.82) is 0 Å². The smallest absolute Gasteiger partial charge is 0.335 e. The predicted octanol–water partition coefficient (Wildman–Crippen LogP) is 3.46. The van der Waals surface area contributed by atoms with Crippen molar-refractivity contribution >= 4 is 11.8 Å². The van der Waals surface area contributed by atoms with Crippen LogP contribution in [0.4, 0.5) is 0 Å². The van der Waals surface area contributed by atoms with Crippen LogP contribution in [0.25, 0.3) is 0 Å². The summed E-state index contributed by atoms with van der Waals surface area (Å²) in [5, 5.41) is 3.84. The lowest BCUT2D eigenvalue weighted by Gasteiger charge is -2.56. The molecule has 4 fully saturated rings. The molecule has 0 aromatic heterocycles. The fraction of sp³-hybridized carbons (Fsp3) is 0.579. The maximum absolute atomic E-state index is 12.3. The first-order valence-corrected chi connectivity index (χ1v) is 8.71. The van der Waals surface area contributed by atoms with Crippen LogP contribution in [0.5, 0.6) is 0 Å². The zero-order valence-electron chi connectivity index (χ0n) is 13.4. The standard InChI is InChI=1S/C19H24N2O2/c20-18(16-4-2-1-3-5-16)21-23-17(22)12-19-9-13-6-14(10-19)8-15(7-13)11-19/h1-5,13-15H,6-12H2,(H2,20,21). The van der Waals surface area contributed by atoms with Crippen LogP contribution in [-0.4, -0.2) is 11.8 Å². The van der Waals surface area contributed by atoms with E-state index in [2.05, 4.69) is 5.16 Å². The molecule has 1 aromatic rings. The molecule has 122 valence electrons. The van der Waals surface area contributed by atoms with Crippen molar-refractivity contribution in [1.82, 2.24) is 0 Å². The summed E-state index contributed by atoms with van der Waals surface area (Å²) in [6.07, 6.45) is 8.25. The summed E-state index contributed by atoms with van der Waals surface area (Å²) < 4.78 is 0. The zero-order chi connectivity index (χ0) is 15.9. The molecule has 0 heterocycles. The Hall–Kier alpha value is -1.84. The highest BCUT2D eigenvalue weighted by molar-refractivity contribution is 5.97. The van der Waals surface area contributed by atoms with Gasteiger partial charge < -0.3 is 10.6 Å². The minimum absolute atomic E-state index is 0.183. The van der Waals surface area contributed by atoms with Gasteiger partial charge in [0.05, 0.1) is 6.42 Å². The molecule has 0 unspecified atom stereocenters. The number of amidine groups is 1. The van der Waals surface area contributed by atoms with E-state index in [1.807, 2.05) is 30.3 Å². The van der Waals surface area contributed by atoms with Crippen molar-refractivity contribution < 1.29 is 9.63 Å². The summed E-state index contributed by atoms with van der Waals surface area (Å²) in [6.45, 7) is 0. The van der Waals surface area contributed by atoms with E-state index in [4.69, 9.17) is 10.6 Å². The maximum Gasteiger partial charge on any atom is 0.335 e. The monoisotopic (exact) mass is 312 g/mol. The van der Waals surface area contributed by atoms with Crippen LogP contribution in [0.15, 0.2) is 35.5 Å². The molecule has 4 nitrogen and oxygen atoms in total. The third kappa shape index (κ3) is 2.99. The fourth-order valence-corrected chi connectivity index (χ4v) is 5.61. The molecule has 0 spiro atoms. The first kappa shape index (κ1) is 14.7. The SMILES string of the molecule is N/C(=N\OC(=O)CC12CC3CC(CC(C3)C1)C2)c1ccccc1. The van der Waals surface area contributed by atoms with Crippen molar-refractivity contribution in [2.45, 2.75) is 44.9 Å². The van der Waals surface area contributed by atoms with Gasteiger partial charge in [-0.05, 0) is 61.7 Å². The molecule has 2 N–H and O–H groups in total. The van der Waals surface area contributed by atoms with Gasteiger partial charge in [0.25, 0.3) is 0 Å². The van der Waals surface area contributed by atoms with Crippen LogP contribution in [0.2, 0.25) is 0 Å². The minimum atomic E-state index is -0.231. The molecular weight excluding hydrogens is 288 g/mol. The zero-order valence-corrected chi connectivity index (χ0v) is 13.4. The second kappa shape index (κ2) is 5.66. The van der Waals surface area contributed by atoms with Gasteiger partial charge in [-0.3, -0.25) is 0 Å². The van der Waals surface area contributed by atoms with E-state index in [1.165, 1.54) is 38.5 Å². The van der Waals surface area contributed by atoms with Crippen molar-refractivity contribution in [3.05, 3.63) is 35.9 Å². The van der Waals surface area contributed by atoms with Crippen LogP contribution >= 0.6 is 0 Å². The van der Waals surface area contributed by atoms with Crippen molar-refractivity contribution in [3.63, 3.8) is 0 Å². The number of hydrogen-bond donors (Lipinski definition) is 1.